The smallest absolute Gasteiger partial charge is 0.187 e. The van der Waals surface area contributed by atoms with Crippen LogP contribution in [0.3, 0.4) is 0 Å². The van der Waals surface area contributed by atoms with E-state index < -0.39 is 61.4 Å². The molecule has 71 heavy (non-hydrogen) atoms. The molecule has 2 aliphatic heterocycles. The average Bonchev–Trinajstić information content (AvgIpc) is 4.29. The monoisotopic (exact) mass is 964 g/mol. The molecule has 1 aliphatic carbocycles. The van der Waals surface area contributed by atoms with Gasteiger partial charge in [-0.1, -0.05) is 182 Å². The lowest BCUT2D eigenvalue weighted by molar-refractivity contribution is -0.353. The summed E-state index contributed by atoms with van der Waals surface area (Å²) in [4.78, 5) is 0. The Kier molecular flexibility index (Phi) is 19.0. The zero-order valence-electron chi connectivity index (χ0n) is 40.8. The molecule has 6 aromatic carbocycles. The van der Waals surface area contributed by atoms with Gasteiger partial charge in [-0.25, -0.2) is 0 Å². The van der Waals surface area contributed by atoms with Crippen LogP contribution in [0.5, 0.6) is 0 Å². The summed E-state index contributed by atoms with van der Waals surface area (Å²) in [6, 6.07) is 60.6. The van der Waals surface area contributed by atoms with Crippen LogP contribution in [0.1, 0.15) is 53.1 Å². The van der Waals surface area contributed by atoms with Gasteiger partial charge in [-0.05, 0) is 59.1 Å². The maximum atomic E-state index is 7.11. The van der Waals surface area contributed by atoms with E-state index in [2.05, 4.69) is 31.2 Å². The van der Waals surface area contributed by atoms with Crippen LogP contribution in [0.15, 0.2) is 182 Å². The van der Waals surface area contributed by atoms with Crippen molar-refractivity contribution >= 4 is 0 Å². The summed E-state index contributed by atoms with van der Waals surface area (Å²) in [5.74, 6) is 0.413. The van der Waals surface area contributed by atoms with E-state index in [9.17, 15) is 0 Å². The maximum Gasteiger partial charge on any atom is 0.187 e. The molecule has 2 saturated heterocycles. The van der Waals surface area contributed by atoms with E-state index >= 15 is 0 Å². The number of methoxy groups -OCH3 is 1. The first kappa shape index (κ1) is 50.8. The number of benzene rings is 6. The lowest BCUT2D eigenvalue weighted by Gasteiger charge is -2.48. The molecule has 0 N–H and O–H groups in total. The fourth-order valence-electron chi connectivity index (χ4n) is 9.27. The lowest BCUT2D eigenvalue weighted by atomic mass is 9.96. The van der Waals surface area contributed by atoms with Gasteiger partial charge in [0.1, 0.15) is 48.8 Å². The van der Waals surface area contributed by atoms with Gasteiger partial charge in [0.15, 0.2) is 12.6 Å². The van der Waals surface area contributed by atoms with Gasteiger partial charge < -0.3 is 52.1 Å². The van der Waals surface area contributed by atoms with Crippen LogP contribution >= 0.6 is 0 Å². The van der Waals surface area contributed by atoms with Crippen LogP contribution in [0.4, 0.5) is 0 Å². The zero-order valence-corrected chi connectivity index (χ0v) is 40.8. The highest BCUT2D eigenvalue weighted by atomic mass is 16.8. The van der Waals surface area contributed by atoms with E-state index in [0.29, 0.717) is 45.6 Å². The molecule has 3 aliphatic rings. The van der Waals surface area contributed by atoms with Crippen molar-refractivity contribution in [2.45, 2.75) is 127 Å². The molecule has 0 spiro atoms. The van der Waals surface area contributed by atoms with Gasteiger partial charge in [0.2, 0.25) is 0 Å². The fraction of sp³-hybridized carbons (Fsp3) is 0.400. The molecule has 0 radical (unpaired) electrons. The van der Waals surface area contributed by atoms with Gasteiger partial charge in [-0.15, -0.1) is 0 Å². The van der Waals surface area contributed by atoms with Gasteiger partial charge in [0.25, 0.3) is 0 Å². The van der Waals surface area contributed by atoms with Crippen molar-refractivity contribution < 1.29 is 52.1 Å². The Morgan fingerprint density at radius 2 is 0.718 bits per heavy atom. The molecule has 1 saturated carbocycles. The second kappa shape index (κ2) is 26.5. The largest absolute Gasteiger partial charge is 0.374 e. The summed E-state index contributed by atoms with van der Waals surface area (Å²) in [7, 11) is 1.62. The van der Waals surface area contributed by atoms with E-state index in [1.165, 1.54) is 0 Å². The van der Waals surface area contributed by atoms with Crippen molar-refractivity contribution in [3.05, 3.63) is 215 Å². The summed E-state index contributed by atoms with van der Waals surface area (Å²) >= 11 is 0. The van der Waals surface area contributed by atoms with Crippen molar-refractivity contribution in [1.82, 2.24) is 0 Å². The first-order chi connectivity index (χ1) is 35.1. The van der Waals surface area contributed by atoms with Crippen LogP contribution in [-0.2, 0) is 91.7 Å². The number of ether oxygens (including phenoxy) is 11. The second-order valence-electron chi connectivity index (χ2n) is 18.6. The van der Waals surface area contributed by atoms with E-state index in [4.69, 9.17) is 52.1 Å². The third-order valence-electron chi connectivity index (χ3n) is 13.3. The molecule has 11 nitrogen and oxygen atoms in total. The normalized spacial score (nSPS) is 25.9. The number of hydrogen-bond acceptors (Lipinski definition) is 11. The molecule has 1 unspecified atom stereocenters. The Bertz CT molecular complexity index is 2380. The molecule has 0 aromatic heterocycles. The molecule has 0 bridgehead atoms. The van der Waals surface area contributed by atoms with Crippen LogP contribution < -0.4 is 0 Å². The molecule has 9 rings (SSSR count). The minimum absolute atomic E-state index is 0.0246. The molecule has 2 heterocycles. The predicted molar refractivity (Wildman–Crippen MR) is 269 cm³/mol. The predicted octanol–water partition coefficient (Wildman–Crippen LogP) is 10.4. The summed E-state index contributed by atoms with van der Waals surface area (Å²) in [6.45, 7) is 4.31. The highest BCUT2D eigenvalue weighted by molar-refractivity contribution is 5.18. The van der Waals surface area contributed by atoms with E-state index in [1.807, 2.05) is 158 Å². The van der Waals surface area contributed by atoms with Crippen LogP contribution in [0, 0.1) is 5.92 Å². The number of rotatable bonds is 26. The topological polar surface area (TPSA) is 102 Å². The van der Waals surface area contributed by atoms with Crippen molar-refractivity contribution in [3.8, 4) is 0 Å². The maximum absolute atomic E-state index is 7.11. The lowest BCUT2D eigenvalue weighted by Crippen LogP contribution is -2.64. The van der Waals surface area contributed by atoms with E-state index in [1.54, 1.807) is 7.11 Å². The van der Waals surface area contributed by atoms with E-state index in [-0.39, 0.29) is 19.3 Å². The molecule has 11 atom stereocenters. The molecule has 6 aromatic rings. The Morgan fingerprint density at radius 3 is 1.11 bits per heavy atom. The van der Waals surface area contributed by atoms with Gasteiger partial charge in [0.05, 0.1) is 59.0 Å². The van der Waals surface area contributed by atoms with E-state index in [0.717, 1.165) is 46.2 Å². The fourth-order valence-corrected chi connectivity index (χ4v) is 9.27. The van der Waals surface area contributed by atoms with Gasteiger partial charge >= 0.3 is 0 Å². The van der Waals surface area contributed by atoms with Crippen molar-refractivity contribution in [3.63, 3.8) is 0 Å². The minimum atomic E-state index is -0.936. The third-order valence-corrected chi connectivity index (χ3v) is 13.3. The molecule has 11 heteroatoms. The molecule has 0 amide bonds. The third kappa shape index (κ3) is 14.7. The molecular weight excluding hydrogens is 897 g/mol. The Hall–Kier alpha value is -5.12. The first-order valence-electron chi connectivity index (χ1n) is 25.1. The van der Waals surface area contributed by atoms with Crippen LogP contribution in [0.25, 0.3) is 0 Å². The summed E-state index contributed by atoms with van der Waals surface area (Å²) in [5.41, 5.74) is 6.12. The zero-order chi connectivity index (χ0) is 48.5. The first-order valence-corrected chi connectivity index (χ1v) is 25.1. The van der Waals surface area contributed by atoms with Crippen molar-refractivity contribution in [1.29, 1.82) is 0 Å². The van der Waals surface area contributed by atoms with Crippen LogP contribution in [-0.4, -0.2) is 87.8 Å². The van der Waals surface area contributed by atoms with Crippen molar-refractivity contribution in [2.75, 3.05) is 20.3 Å². The quantitative estimate of drug-likeness (QED) is 0.0519. The molecule has 3 fully saturated rings. The summed E-state index contributed by atoms with van der Waals surface area (Å²) in [6.07, 6.45) is -4.98. The highest BCUT2D eigenvalue weighted by Crippen LogP contribution is 2.39. The Labute approximate surface area is 419 Å². The average molecular weight is 965 g/mol. The van der Waals surface area contributed by atoms with Crippen LogP contribution in [0.2, 0.25) is 0 Å². The van der Waals surface area contributed by atoms with Gasteiger partial charge in [0, 0.05) is 7.11 Å². The highest BCUT2D eigenvalue weighted by Gasteiger charge is 2.53. The Balaban J connectivity index is 1.04. The second-order valence-corrected chi connectivity index (χ2v) is 18.6. The molecular formula is C60H68O11. The molecule has 374 valence electrons. The number of hydrogen-bond donors (Lipinski definition) is 0. The van der Waals surface area contributed by atoms with Crippen molar-refractivity contribution in [2.24, 2.45) is 5.92 Å². The Morgan fingerprint density at radius 1 is 0.380 bits per heavy atom. The van der Waals surface area contributed by atoms with Gasteiger partial charge in [-0.2, -0.15) is 0 Å². The summed E-state index contributed by atoms with van der Waals surface area (Å²) < 4.78 is 75.4. The minimum Gasteiger partial charge on any atom is -0.374 e. The van der Waals surface area contributed by atoms with Gasteiger partial charge in [-0.3, -0.25) is 0 Å². The standard InChI is InChI=1S/C60H68O11/c1-43(50-33-34-50)69-58-56(66-39-48-29-17-7-18-30-48)53(63-36-45-23-11-4-12-24-45)51(41-62-35-44-21-9-3-10-22-44)71-60(58)68-42-52-54(64-37-46-25-13-5-14-26-46)55(65-38-47-27-15-6-16-28-47)57(59(61-2)70-52)67-40-49-31-19-8-20-32-49/h3-32,43,50-60H,33-42H2,1-2H3/t43?,51-,52-,53-,54-,55+,56+,57+,58-,59+,60+/m1/s1. The SMILES string of the molecule is CO[C@H]1O[C@H](CO[C@H]2O[C@H](COCc3ccccc3)[C@@H](OCc3ccccc3)[C@H](OCc3ccccc3)[C@H]2OC(C)C2CC2)[C@@H](OCc2ccccc2)[C@H](OCc2ccccc2)[C@@H]1OCc1ccccc1. The summed E-state index contributed by atoms with van der Waals surface area (Å²) in [5, 5.41) is 0.